The van der Waals surface area contributed by atoms with E-state index in [1.165, 1.54) is 16.7 Å². The normalized spacial score (nSPS) is 12.0. The first kappa shape index (κ1) is 14.8. The Morgan fingerprint density at radius 2 is 2.11 bits per heavy atom. The fraction of sp³-hybridized carbons (Fsp3) is 0.500. The van der Waals surface area contributed by atoms with Gasteiger partial charge in [-0.25, -0.2) is 0 Å². The minimum Gasteiger partial charge on any atom is -0.496 e. The average Bonchev–Trinajstić information content (AvgIpc) is 2.34. The zero-order valence-electron chi connectivity index (χ0n) is 12.2. The fourth-order valence-corrected chi connectivity index (χ4v) is 1.90. The van der Waals surface area contributed by atoms with Gasteiger partial charge >= 0.3 is 0 Å². The Hall–Kier alpha value is -1.28. The van der Waals surface area contributed by atoms with Crippen molar-refractivity contribution in [1.29, 1.82) is 0 Å². The number of aryl methyl sites for hydroxylation is 1. The van der Waals surface area contributed by atoms with Gasteiger partial charge in [-0.3, -0.25) is 0 Å². The van der Waals surface area contributed by atoms with Crippen LogP contribution in [0, 0.1) is 6.92 Å². The van der Waals surface area contributed by atoms with Crippen molar-refractivity contribution in [1.82, 2.24) is 5.32 Å². The van der Waals surface area contributed by atoms with Crippen molar-refractivity contribution in [2.24, 2.45) is 0 Å². The van der Waals surface area contributed by atoms with Gasteiger partial charge in [0.2, 0.25) is 0 Å². The lowest BCUT2D eigenvalue weighted by Crippen LogP contribution is -2.23. The molecule has 2 nitrogen and oxygen atoms in total. The van der Waals surface area contributed by atoms with Gasteiger partial charge in [-0.05, 0) is 44.5 Å². The molecule has 0 aliphatic rings. The summed E-state index contributed by atoms with van der Waals surface area (Å²) in [4.78, 5) is 0. The molecule has 0 unspecified atom stereocenters. The third-order valence-electron chi connectivity index (χ3n) is 2.93. The van der Waals surface area contributed by atoms with E-state index in [1.54, 1.807) is 7.11 Å². The molecule has 0 saturated heterocycles. The summed E-state index contributed by atoms with van der Waals surface area (Å²) in [7, 11) is 1.72. The van der Waals surface area contributed by atoms with Gasteiger partial charge in [-0.2, -0.15) is 0 Å². The number of hydrogen-bond donors (Lipinski definition) is 1. The van der Waals surface area contributed by atoms with E-state index in [0.29, 0.717) is 6.04 Å². The number of hydrogen-bond acceptors (Lipinski definition) is 2. The molecule has 0 aliphatic carbocycles. The quantitative estimate of drug-likeness (QED) is 0.772. The average molecular weight is 247 g/mol. The fourth-order valence-electron chi connectivity index (χ4n) is 1.90. The van der Waals surface area contributed by atoms with Crippen LogP contribution in [-0.4, -0.2) is 19.7 Å². The smallest absolute Gasteiger partial charge is 0.126 e. The van der Waals surface area contributed by atoms with E-state index in [0.717, 1.165) is 18.7 Å². The summed E-state index contributed by atoms with van der Waals surface area (Å²) >= 11 is 0. The van der Waals surface area contributed by atoms with E-state index in [4.69, 9.17) is 4.74 Å². The number of nitrogens with one attached hydrogen (secondary N) is 1. The lowest BCUT2D eigenvalue weighted by molar-refractivity contribution is 0.413. The Morgan fingerprint density at radius 1 is 1.39 bits per heavy atom. The second kappa shape index (κ2) is 7.22. The molecule has 0 amide bonds. The van der Waals surface area contributed by atoms with Crippen LogP contribution in [0.1, 0.15) is 38.3 Å². The molecule has 2 heteroatoms. The predicted molar refractivity (Wildman–Crippen MR) is 79.1 cm³/mol. The first-order chi connectivity index (χ1) is 8.54. The van der Waals surface area contributed by atoms with Gasteiger partial charge < -0.3 is 10.1 Å². The molecular formula is C16H25NO. The molecular weight excluding hydrogens is 222 g/mol. The number of benzene rings is 1. The van der Waals surface area contributed by atoms with Crippen LogP contribution in [0.4, 0.5) is 0 Å². The van der Waals surface area contributed by atoms with Crippen molar-refractivity contribution >= 4 is 5.57 Å². The minimum absolute atomic E-state index is 0.548. The van der Waals surface area contributed by atoms with Crippen LogP contribution in [0.2, 0.25) is 0 Å². The van der Waals surface area contributed by atoms with Crippen molar-refractivity contribution in [3.8, 4) is 5.75 Å². The lowest BCUT2D eigenvalue weighted by Gasteiger charge is -2.11. The number of allylic oxidation sites excluding steroid dienone is 1. The molecule has 1 aromatic carbocycles. The third kappa shape index (κ3) is 4.53. The van der Waals surface area contributed by atoms with Crippen molar-refractivity contribution in [3.63, 3.8) is 0 Å². The van der Waals surface area contributed by atoms with Crippen LogP contribution < -0.4 is 10.1 Å². The Balaban J connectivity index is 2.73. The van der Waals surface area contributed by atoms with Crippen molar-refractivity contribution < 1.29 is 4.74 Å². The first-order valence-corrected chi connectivity index (χ1v) is 6.59. The molecule has 0 aliphatic heterocycles. The highest BCUT2D eigenvalue weighted by molar-refractivity contribution is 5.69. The molecule has 0 bridgehead atoms. The van der Waals surface area contributed by atoms with Crippen molar-refractivity contribution in [2.45, 2.75) is 40.2 Å². The lowest BCUT2D eigenvalue weighted by atomic mass is 10.0. The second-order valence-electron chi connectivity index (χ2n) is 4.99. The van der Waals surface area contributed by atoms with E-state index < -0.39 is 0 Å². The van der Waals surface area contributed by atoms with Crippen LogP contribution in [-0.2, 0) is 0 Å². The van der Waals surface area contributed by atoms with Crippen LogP contribution in [0.5, 0.6) is 5.75 Å². The molecule has 0 atom stereocenters. The van der Waals surface area contributed by atoms with Gasteiger partial charge in [0.1, 0.15) is 5.75 Å². The van der Waals surface area contributed by atoms with Gasteiger partial charge in [0.15, 0.2) is 0 Å². The van der Waals surface area contributed by atoms with Crippen molar-refractivity contribution in [2.75, 3.05) is 13.7 Å². The molecule has 0 heterocycles. The zero-order chi connectivity index (χ0) is 13.5. The topological polar surface area (TPSA) is 21.3 Å². The highest BCUT2D eigenvalue weighted by Gasteiger charge is 2.04. The summed E-state index contributed by atoms with van der Waals surface area (Å²) in [5.41, 5.74) is 3.74. The summed E-state index contributed by atoms with van der Waals surface area (Å²) in [6.07, 6.45) is 3.31. The maximum absolute atomic E-state index is 5.41. The molecule has 1 N–H and O–H groups in total. The molecule has 0 aromatic heterocycles. The van der Waals surface area contributed by atoms with Gasteiger partial charge in [-0.1, -0.05) is 31.6 Å². The Kier molecular flexibility index (Phi) is 5.93. The molecule has 1 aromatic rings. The van der Waals surface area contributed by atoms with E-state index in [9.17, 15) is 0 Å². The number of ether oxygens (including phenoxy) is 1. The molecule has 1 rings (SSSR count). The largest absolute Gasteiger partial charge is 0.496 e. The van der Waals surface area contributed by atoms with E-state index in [1.807, 2.05) is 6.07 Å². The van der Waals surface area contributed by atoms with Crippen LogP contribution in [0.25, 0.3) is 5.57 Å². The zero-order valence-corrected chi connectivity index (χ0v) is 12.2. The maximum Gasteiger partial charge on any atom is 0.126 e. The molecule has 0 radical (unpaired) electrons. The number of methoxy groups -OCH3 is 1. The molecule has 0 saturated carbocycles. The van der Waals surface area contributed by atoms with Crippen LogP contribution in [0.15, 0.2) is 24.3 Å². The van der Waals surface area contributed by atoms with Gasteiger partial charge in [0, 0.05) is 11.6 Å². The highest BCUT2D eigenvalue weighted by Crippen LogP contribution is 2.26. The molecule has 0 spiro atoms. The predicted octanol–water partition coefficient (Wildman–Crippen LogP) is 3.80. The Labute approximate surface area is 111 Å². The monoisotopic (exact) mass is 247 g/mol. The summed E-state index contributed by atoms with van der Waals surface area (Å²) in [5.74, 6) is 0.950. The second-order valence-corrected chi connectivity index (χ2v) is 4.99. The van der Waals surface area contributed by atoms with Crippen LogP contribution in [0.3, 0.4) is 0 Å². The molecule has 0 fully saturated rings. The maximum atomic E-state index is 5.41. The van der Waals surface area contributed by atoms with Gasteiger partial charge in [0.25, 0.3) is 0 Å². The SMILES string of the molecule is COc1ccc(C)cc1C(C)=CCCNC(C)C. The standard InChI is InChI=1S/C16H25NO/c1-12(2)17-10-6-7-14(4)15-11-13(3)8-9-16(15)18-5/h7-9,11-12,17H,6,10H2,1-5H3. The van der Waals surface area contributed by atoms with Crippen molar-refractivity contribution in [3.05, 3.63) is 35.4 Å². The Morgan fingerprint density at radius 3 is 2.72 bits per heavy atom. The van der Waals surface area contributed by atoms with E-state index in [2.05, 4.69) is 51.2 Å². The summed E-state index contributed by atoms with van der Waals surface area (Å²) in [6, 6.07) is 6.84. The minimum atomic E-state index is 0.548. The summed E-state index contributed by atoms with van der Waals surface area (Å²) in [6.45, 7) is 9.60. The number of rotatable bonds is 6. The van der Waals surface area contributed by atoms with Gasteiger partial charge in [0.05, 0.1) is 7.11 Å². The Bertz CT molecular complexity index is 408. The summed E-state index contributed by atoms with van der Waals surface area (Å²) in [5, 5.41) is 3.42. The molecule has 100 valence electrons. The first-order valence-electron chi connectivity index (χ1n) is 6.59. The highest BCUT2D eigenvalue weighted by atomic mass is 16.5. The molecule has 18 heavy (non-hydrogen) atoms. The van der Waals surface area contributed by atoms with E-state index in [-0.39, 0.29) is 0 Å². The van der Waals surface area contributed by atoms with Crippen LogP contribution >= 0.6 is 0 Å². The van der Waals surface area contributed by atoms with E-state index >= 15 is 0 Å². The third-order valence-corrected chi connectivity index (χ3v) is 2.93. The summed E-state index contributed by atoms with van der Waals surface area (Å²) < 4.78 is 5.41. The van der Waals surface area contributed by atoms with Gasteiger partial charge in [-0.15, -0.1) is 0 Å².